The molecule has 33 heavy (non-hydrogen) atoms. The summed E-state index contributed by atoms with van der Waals surface area (Å²) in [5.41, 5.74) is 0.377. The molecule has 1 aromatic carbocycles. The molecule has 4 rings (SSSR count). The number of nitrogens with one attached hydrogen (secondary N) is 1. The highest BCUT2D eigenvalue weighted by molar-refractivity contribution is 9.10. The lowest BCUT2D eigenvalue weighted by molar-refractivity contribution is -0.186. The first-order chi connectivity index (χ1) is 16.0. The fraction of sp³-hybridized carbons (Fsp3) is 0.400. The van der Waals surface area contributed by atoms with Gasteiger partial charge < -0.3 is 25.0 Å². The molecular weight excluding hydrogens is 534 g/mol. The summed E-state index contributed by atoms with van der Waals surface area (Å²) in [7, 11) is 3.08. The van der Waals surface area contributed by atoms with Crippen molar-refractivity contribution in [2.45, 2.75) is 34.7 Å². The Balaban J connectivity index is 1.68. The van der Waals surface area contributed by atoms with E-state index in [1.54, 1.807) is 31.6 Å². The van der Waals surface area contributed by atoms with E-state index >= 15 is 0 Å². The van der Waals surface area contributed by atoms with Gasteiger partial charge in [0.05, 0.1) is 18.4 Å². The number of thiazole rings is 1. The number of thioether (sulfide) groups is 1. The van der Waals surface area contributed by atoms with E-state index in [0.717, 1.165) is 4.47 Å². The van der Waals surface area contributed by atoms with Gasteiger partial charge in [-0.1, -0.05) is 32.9 Å². The first kappa shape index (κ1) is 24.3. The van der Waals surface area contributed by atoms with Crippen molar-refractivity contribution in [3.05, 3.63) is 46.0 Å². The molecule has 3 N–H and O–H groups in total. The molecule has 1 fully saturated rings. The van der Waals surface area contributed by atoms with Gasteiger partial charge in [-0.05, 0) is 18.2 Å². The van der Waals surface area contributed by atoms with Gasteiger partial charge in [0.25, 0.3) is 5.91 Å². The lowest BCUT2D eigenvalue weighted by Gasteiger charge is -2.43. The molecule has 1 amide bonds. The topological polar surface area (TPSA) is 132 Å². The van der Waals surface area contributed by atoms with Gasteiger partial charge in [-0.25, -0.2) is 9.67 Å². The third-order valence-electron chi connectivity index (χ3n) is 5.22. The quantitative estimate of drug-likeness (QED) is 0.400. The smallest absolute Gasteiger partial charge is 0.252 e. The Morgan fingerprint density at radius 1 is 1.45 bits per heavy atom. The van der Waals surface area contributed by atoms with Crippen LogP contribution in [-0.4, -0.2) is 80.6 Å². The van der Waals surface area contributed by atoms with Crippen LogP contribution in [-0.2, 0) is 9.47 Å². The number of halogens is 1. The number of aliphatic hydroxyl groups is 2. The van der Waals surface area contributed by atoms with Crippen LogP contribution in [0.4, 0.5) is 0 Å². The number of aliphatic hydroxyl groups excluding tert-OH is 2. The molecule has 2 aromatic heterocycles. The molecule has 176 valence electrons. The Morgan fingerprint density at radius 3 is 2.94 bits per heavy atom. The van der Waals surface area contributed by atoms with Crippen molar-refractivity contribution in [1.29, 1.82) is 0 Å². The highest BCUT2D eigenvalue weighted by atomic mass is 79.9. The standard InChI is InChI=1S/C20H22BrN5O5S2/c1-22-18(29)11-4-3-10(21)7-14(11)33-20-17(30-2)15(16(28)13(9-27)31-20)26-8-12(24-25-26)19-23-5-6-32-19/h3-8,13,15-17,20,27-28H,9H2,1-2H3,(H,22,29). The summed E-state index contributed by atoms with van der Waals surface area (Å²) in [6, 6.07) is 4.61. The van der Waals surface area contributed by atoms with Crippen molar-refractivity contribution in [3.8, 4) is 10.7 Å². The van der Waals surface area contributed by atoms with E-state index in [0.29, 0.717) is 21.2 Å². The molecule has 1 saturated heterocycles. The summed E-state index contributed by atoms with van der Waals surface area (Å²) in [5.74, 6) is -0.241. The predicted molar refractivity (Wildman–Crippen MR) is 126 cm³/mol. The number of amides is 1. The highest BCUT2D eigenvalue weighted by Crippen LogP contribution is 2.41. The van der Waals surface area contributed by atoms with Crippen LogP contribution in [0.3, 0.4) is 0 Å². The van der Waals surface area contributed by atoms with Gasteiger partial charge >= 0.3 is 0 Å². The molecule has 13 heteroatoms. The Kier molecular flexibility index (Phi) is 7.79. The molecule has 0 spiro atoms. The SMILES string of the molecule is CNC(=O)c1ccc(Br)cc1SC1OC(CO)C(O)C(n2cc(-c3nccs3)nn2)C1OC. The third kappa shape index (κ3) is 4.99. The number of hydrogen-bond acceptors (Lipinski definition) is 10. The largest absolute Gasteiger partial charge is 0.394 e. The monoisotopic (exact) mass is 555 g/mol. The first-order valence-corrected chi connectivity index (χ1v) is 12.5. The van der Waals surface area contributed by atoms with Crippen LogP contribution in [0.25, 0.3) is 10.7 Å². The van der Waals surface area contributed by atoms with Gasteiger partial charge in [-0.3, -0.25) is 4.79 Å². The van der Waals surface area contributed by atoms with E-state index < -0.39 is 36.4 Å². The Bertz CT molecular complexity index is 1100. The second-order valence-electron chi connectivity index (χ2n) is 7.17. The van der Waals surface area contributed by atoms with E-state index in [4.69, 9.17) is 9.47 Å². The van der Waals surface area contributed by atoms with E-state index in [2.05, 4.69) is 36.5 Å². The van der Waals surface area contributed by atoms with Crippen molar-refractivity contribution >= 4 is 44.9 Å². The van der Waals surface area contributed by atoms with Crippen LogP contribution >= 0.6 is 39.0 Å². The number of nitrogens with zero attached hydrogens (tertiary/aromatic N) is 4. The molecule has 0 bridgehead atoms. The first-order valence-electron chi connectivity index (χ1n) is 9.94. The Hall–Kier alpha value is -1.87. The van der Waals surface area contributed by atoms with Crippen molar-refractivity contribution in [2.75, 3.05) is 20.8 Å². The van der Waals surface area contributed by atoms with Crippen LogP contribution < -0.4 is 5.32 Å². The number of carbonyl (C=O) groups excluding carboxylic acids is 1. The van der Waals surface area contributed by atoms with Gasteiger partial charge in [0.2, 0.25) is 0 Å². The number of methoxy groups -OCH3 is 1. The minimum Gasteiger partial charge on any atom is -0.394 e. The van der Waals surface area contributed by atoms with Crippen LogP contribution in [0.5, 0.6) is 0 Å². The zero-order valence-corrected chi connectivity index (χ0v) is 20.9. The summed E-state index contributed by atoms with van der Waals surface area (Å²) >= 11 is 6.15. The average Bonchev–Trinajstić information content (AvgIpc) is 3.51. The maximum absolute atomic E-state index is 12.4. The number of aromatic nitrogens is 4. The number of carbonyl (C=O) groups is 1. The summed E-state index contributed by atoms with van der Waals surface area (Å²) in [6.45, 7) is -0.403. The lowest BCUT2D eigenvalue weighted by atomic mass is 9.97. The average molecular weight is 556 g/mol. The Labute approximate surface area is 206 Å². The zero-order chi connectivity index (χ0) is 23.5. The number of ether oxygens (including phenoxy) is 2. The maximum Gasteiger partial charge on any atom is 0.252 e. The second-order valence-corrected chi connectivity index (χ2v) is 10.1. The normalized spacial score (nSPS) is 25.2. The molecule has 3 aromatic rings. The fourth-order valence-corrected chi connectivity index (χ4v) is 6.06. The van der Waals surface area contributed by atoms with Crippen LogP contribution in [0.1, 0.15) is 16.4 Å². The van der Waals surface area contributed by atoms with Crippen molar-refractivity contribution in [2.24, 2.45) is 0 Å². The van der Waals surface area contributed by atoms with Gasteiger partial charge in [0, 0.05) is 35.1 Å². The summed E-state index contributed by atoms with van der Waals surface area (Å²) in [6.07, 6.45) is 0.701. The van der Waals surface area contributed by atoms with Gasteiger partial charge in [0.15, 0.2) is 0 Å². The highest BCUT2D eigenvalue weighted by Gasteiger charge is 2.47. The molecular formula is C20H22BrN5O5S2. The van der Waals surface area contributed by atoms with E-state index in [-0.39, 0.29) is 5.91 Å². The van der Waals surface area contributed by atoms with Crippen LogP contribution in [0, 0.1) is 0 Å². The molecule has 10 nitrogen and oxygen atoms in total. The molecule has 5 unspecified atom stereocenters. The second kappa shape index (κ2) is 10.6. The van der Waals surface area contributed by atoms with Crippen LogP contribution in [0.2, 0.25) is 0 Å². The maximum atomic E-state index is 12.4. The van der Waals surface area contributed by atoms with E-state index in [9.17, 15) is 15.0 Å². The molecule has 5 atom stereocenters. The van der Waals surface area contributed by atoms with Crippen molar-refractivity contribution < 1.29 is 24.5 Å². The summed E-state index contributed by atoms with van der Waals surface area (Å²) in [4.78, 5) is 17.3. The van der Waals surface area contributed by atoms with Gasteiger partial charge in [-0.2, -0.15) is 0 Å². The lowest BCUT2D eigenvalue weighted by Crippen LogP contribution is -2.55. The number of rotatable bonds is 7. The van der Waals surface area contributed by atoms with Gasteiger partial charge in [-0.15, -0.1) is 16.4 Å². The molecule has 3 heterocycles. The van der Waals surface area contributed by atoms with E-state index in [1.807, 2.05) is 11.4 Å². The van der Waals surface area contributed by atoms with Gasteiger partial charge in [0.1, 0.15) is 40.5 Å². The molecule has 1 aliphatic rings. The van der Waals surface area contributed by atoms with Crippen molar-refractivity contribution in [3.63, 3.8) is 0 Å². The minimum atomic E-state index is -1.11. The molecule has 0 aliphatic carbocycles. The number of benzene rings is 1. The Morgan fingerprint density at radius 2 is 2.27 bits per heavy atom. The van der Waals surface area contributed by atoms with Crippen molar-refractivity contribution in [1.82, 2.24) is 25.3 Å². The summed E-state index contributed by atoms with van der Waals surface area (Å²) in [5, 5.41) is 34.4. The zero-order valence-electron chi connectivity index (χ0n) is 17.7. The molecule has 0 radical (unpaired) electrons. The van der Waals surface area contributed by atoms with Crippen LogP contribution in [0.15, 0.2) is 45.3 Å². The van der Waals surface area contributed by atoms with E-state index in [1.165, 1.54) is 34.9 Å². The fourth-order valence-electron chi connectivity index (χ4n) is 3.62. The third-order valence-corrected chi connectivity index (χ3v) is 7.71. The summed E-state index contributed by atoms with van der Waals surface area (Å²) < 4.78 is 14.1. The molecule has 0 saturated carbocycles. The predicted octanol–water partition coefficient (Wildman–Crippen LogP) is 1.95. The molecule has 1 aliphatic heterocycles. The minimum absolute atomic E-state index is 0.241. The number of hydrogen-bond donors (Lipinski definition) is 3.